The Morgan fingerprint density at radius 3 is 2.94 bits per heavy atom. The number of hydrogen-bond donors (Lipinski definition) is 2. The zero-order chi connectivity index (χ0) is 12.8. The molecule has 0 heterocycles. The lowest BCUT2D eigenvalue weighted by molar-refractivity contribution is 0.0609. The van der Waals surface area contributed by atoms with E-state index in [-0.39, 0.29) is 19.1 Å². The number of nitrogens with one attached hydrogen (secondary N) is 1. The molecule has 0 aromatic heterocycles. The molecule has 5 heteroatoms. The minimum absolute atomic E-state index is 0.174. The van der Waals surface area contributed by atoms with E-state index in [1.54, 1.807) is 6.07 Å². The number of ether oxygens (including phenoxy) is 1. The standard InChI is InChI=1S/C12H16BrNO3/c1-8-3-4-11(13)10(5-8)12(16)14-6-9(15)7-17-2/h3-5,9,15H,6-7H2,1-2H3,(H,14,16). The van der Waals surface area contributed by atoms with Crippen LogP contribution in [0.1, 0.15) is 15.9 Å². The summed E-state index contributed by atoms with van der Waals surface area (Å²) in [6.07, 6.45) is -0.687. The number of aliphatic hydroxyl groups is 1. The van der Waals surface area contributed by atoms with Gasteiger partial charge in [-0.3, -0.25) is 4.79 Å². The lowest BCUT2D eigenvalue weighted by Gasteiger charge is -2.11. The van der Waals surface area contributed by atoms with E-state index in [9.17, 15) is 9.90 Å². The third-order valence-corrected chi connectivity index (χ3v) is 2.92. The highest BCUT2D eigenvalue weighted by molar-refractivity contribution is 9.10. The van der Waals surface area contributed by atoms with E-state index in [1.165, 1.54) is 7.11 Å². The first kappa shape index (κ1) is 14.2. The Kier molecular flexibility index (Phi) is 5.61. The number of amides is 1. The van der Waals surface area contributed by atoms with Gasteiger partial charge in [-0.15, -0.1) is 0 Å². The summed E-state index contributed by atoms with van der Waals surface area (Å²) >= 11 is 3.32. The van der Waals surface area contributed by atoms with Crippen LogP contribution < -0.4 is 5.32 Å². The van der Waals surface area contributed by atoms with Crippen LogP contribution in [0.2, 0.25) is 0 Å². The molecule has 0 radical (unpaired) electrons. The molecule has 2 N–H and O–H groups in total. The maximum absolute atomic E-state index is 11.8. The van der Waals surface area contributed by atoms with E-state index in [0.29, 0.717) is 5.56 Å². The zero-order valence-electron chi connectivity index (χ0n) is 9.87. The van der Waals surface area contributed by atoms with Crippen LogP contribution in [0.25, 0.3) is 0 Å². The quantitative estimate of drug-likeness (QED) is 0.866. The van der Waals surface area contributed by atoms with Crippen molar-refractivity contribution in [2.45, 2.75) is 13.0 Å². The molecule has 0 aliphatic heterocycles. The van der Waals surface area contributed by atoms with Gasteiger partial charge in [-0.05, 0) is 35.0 Å². The largest absolute Gasteiger partial charge is 0.389 e. The second kappa shape index (κ2) is 6.74. The van der Waals surface area contributed by atoms with E-state index >= 15 is 0 Å². The molecule has 1 aromatic rings. The number of halogens is 1. The monoisotopic (exact) mass is 301 g/mol. The molecule has 1 atom stereocenters. The number of carbonyl (C=O) groups is 1. The molecule has 94 valence electrons. The zero-order valence-corrected chi connectivity index (χ0v) is 11.5. The molecule has 1 amide bonds. The predicted molar refractivity (Wildman–Crippen MR) is 69.1 cm³/mol. The van der Waals surface area contributed by atoms with Crippen molar-refractivity contribution in [2.24, 2.45) is 0 Å². The Balaban J connectivity index is 2.61. The van der Waals surface area contributed by atoms with Crippen molar-refractivity contribution >= 4 is 21.8 Å². The van der Waals surface area contributed by atoms with Crippen LogP contribution in [0.5, 0.6) is 0 Å². The Bertz CT molecular complexity index is 395. The van der Waals surface area contributed by atoms with Crippen LogP contribution in [0.15, 0.2) is 22.7 Å². The molecule has 0 saturated carbocycles. The smallest absolute Gasteiger partial charge is 0.252 e. The Hall–Kier alpha value is -0.910. The van der Waals surface area contributed by atoms with Crippen LogP contribution in [-0.4, -0.2) is 37.4 Å². The van der Waals surface area contributed by atoms with Crippen LogP contribution in [0.4, 0.5) is 0 Å². The highest BCUT2D eigenvalue weighted by Gasteiger charge is 2.11. The van der Waals surface area contributed by atoms with E-state index in [2.05, 4.69) is 21.2 Å². The van der Waals surface area contributed by atoms with E-state index < -0.39 is 6.10 Å². The molecule has 0 spiro atoms. The van der Waals surface area contributed by atoms with Crippen molar-refractivity contribution in [1.82, 2.24) is 5.32 Å². The highest BCUT2D eigenvalue weighted by Crippen LogP contribution is 2.17. The number of methoxy groups -OCH3 is 1. The molecule has 17 heavy (non-hydrogen) atoms. The van der Waals surface area contributed by atoms with Gasteiger partial charge < -0.3 is 15.2 Å². The maximum atomic E-state index is 11.8. The summed E-state index contributed by atoms with van der Waals surface area (Å²) in [5, 5.41) is 12.1. The number of aryl methyl sites for hydroxylation is 1. The molecule has 1 aromatic carbocycles. The first-order valence-corrected chi connectivity index (χ1v) is 6.05. The number of hydrogen-bond acceptors (Lipinski definition) is 3. The lowest BCUT2D eigenvalue weighted by Crippen LogP contribution is -2.34. The van der Waals surface area contributed by atoms with E-state index in [0.717, 1.165) is 10.0 Å². The lowest BCUT2D eigenvalue weighted by atomic mass is 10.1. The van der Waals surface area contributed by atoms with Crippen LogP contribution in [0.3, 0.4) is 0 Å². The molecule has 4 nitrogen and oxygen atoms in total. The van der Waals surface area contributed by atoms with Gasteiger partial charge in [-0.2, -0.15) is 0 Å². The van der Waals surface area contributed by atoms with Crippen molar-refractivity contribution in [1.29, 1.82) is 0 Å². The molecular formula is C12H16BrNO3. The van der Waals surface area contributed by atoms with Crippen LogP contribution >= 0.6 is 15.9 Å². The first-order chi connectivity index (χ1) is 8.04. The third-order valence-electron chi connectivity index (χ3n) is 2.22. The first-order valence-electron chi connectivity index (χ1n) is 5.26. The summed E-state index contributed by atoms with van der Waals surface area (Å²) < 4.78 is 5.51. The molecule has 0 aliphatic rings. The summed E-state index contributed by atoms with van der Waals surface area (Å²) in [5.41, 5.74) is 1.57. The SMILES string of the molecule is COCC(O)CNC(=O)c1cc(C)ccc1Br. The maximum Gasteiger partial charge on any atom is 0.252 e. The van der Waals surface area contributed by atoms with Crippen molar-refractivity contribution in [3.8, 4) is 0 Å². The van der Waals surface area contributed by atoms with Crippen molar-refractivity contribution < 1.29 is 14.6 Å². The summed E-state index contributed by atoms with van der Waals surface area (Å²) in [4.78, 5) is 11.8. The number of carbonyl (C=O) groups excluding carboxylic acids is 1. The fourth-order valence-electron chi connectivity index (χ4n) is 1.37. The van der Waals surface area contributed by atoms with Crippen molar-refractivity contribution in [3.05, 3.63) is 33.8 Å². The van der Waals surface area contributed by atoms with Gasteiger partial charge in [0.2, 0.25) is 0 Å². The topological polar surface area (TPSA) is 58.6 Å². The molecule has 0 bridgehead atoms. The van der Waals surface area contributed by atoms with Crippen molar-refractivity contribution in [3.63, 3.8) is 0 Å². The highest BCUT2D eigenvalue weighted by atomic mass is 79.9. The van der Waals surface area contributed by atoms with Gasteiger partial charge >= 0.3 is 0 Å². The molecule has 0 aliphatic carbocycles. The molecular weight excluding hydrogens is 286 g/mol. The molecule has 1 rings (SSSR count). The molecule has 0 fully saturated rings. The normalized spacial score (nSPS) is 12.2. The van der Waals surface area contributed by atoms with Crippen molar-refractivity contribution in [2.75, 3.05) is 20.3 Å². The Labute approximate surface area is 109 Å². The fourth-order valence-corrected chi connectivity index (χ4v) is 1.80. The Morgan fingerprint density at radius 1 is 1.59 bits per heavy atom. The molecule has 1 unspecified atom stereocenters. The van der Waals surface area contributed by atoms with Gasteiger partial charge in [0.05, 0.1) is 18.3 Å². The minimum Gasteiger partial charge on any atom is -0.389 e. The van der Waals surface area contributed by atoms with Gasteiger partial charge in [0.1, 0.15) is 0 Å². The van der Waals surface area contributed by atoms with E-state index in [1.807, 2.05) is 19.1 Å². The predicted octanol–water partition coefficient (Wildman–Crippen LogP) is 1.49. The minimum atomic E-state index is -0.687. The van der Waals surface area contributed by atoms with E-state index in [4.69, 9.17) is 4.74 Å². The second-order valence-electron chi connectivity index (χ2n) is 3.80. The van der Waals surface area contributed by atoms with Gasteiger partial charge in [0.25, 0.3) is 5.91 Å². The average molecular weight is 302 g/mol. The second-order valence-corrected chi connectivity index (χ2v) is 4.66. The Morgan fingerprint density at radius 2 is 2.29 bits per heavy atom. The fraction of sp³-hybridized carbons (Fsp3) is 0.417. The van der Waals surface area contributed by atoms with Gasteiger partial charge in [0.15, 0.2) is 0 Å². The van der Waals surface area contributed by atoms with Crippen LogP contribution in [-0.2, 0) is 4.74 Å². The number of rotatable bonds is 5. The summed E-state index contributed by atoms with van der Waals surface area (Å²) in [6.45, 7) is 2.30. The summed E-state index contributed by atoms with van der Waals surface area (Å²) in [7, 11) is 1.50. The number of aliphatic hydroxyl groups excluding tert-OH is 1. The average Bonchev–Trinajstić information content (AvgIpc) is 2.29. The van der Waals surface area contributed by atoms with Gasteiger partial charge in [0, 0.05) is 18.1 Å². The number of benzene rings is 1. The molecule has 0 saturated heterocycles. The van der Waals surface area contributed by atoms with Gasteiger partial charge in [-0.25, -0.2) is 0 Å². The third kappa shape index (κ3) is 4.46. The summed E-state index contributed by atoms with van der Waals surface area (Å²) in [5.74, 6) is -0.212. The van der Waals surface area contributed by atoms with Gasteiger partial charge in [-0.1, -0.05) is 11.6 Å². The summed E-state index contributed by atoms with van der Waals surface area (Å²) in [6, 6.07) is 5.54. The van der Waals surface area contributed by atoms with Crippen LogP contribution in [0, 0.1) is 6.92 Å².